The lowest BCUT2D eigenvalue weighted by atomic mass is 10.00. The van der Waals surface area contributed by atoms with Gasteiger partial charge in [0.15, 0.2) is 29.1 Å². The summed E-state index contributed by atoms with van der Waals surface area (Å²) in [6, 6.07) is 1.99. The molecule has 0 saturated heterocycles. The number of carbonyl (C=O) groups is 1. The molecule has 0 atom stereocenters. The number of pyridine rings is 2. The maximum atomic E-state index is 15.1. The van der Waals surface area contributed by atoms with Crippen LogP contribution in [0.15, 0.2) is 59.0 Å². The van der Waals surface area contributed by atoms with Gasteiger partial charge in [-0.3, -0.25) is 9.78 Å². The number of rotatable bonds is 8. The molecular weight excluding hydrogens is 573 g/mol. The molecule has 3 aromatic heterocycles. The zero-order valence-corrected chi connectivity index (χ0v) is 23.7. The van der Waals surface area contributed by atoms with Crippen LogP contribution in [0.1, 0.15) is 53.3 Å². The maximum absolute atomic E-state index is 15.1. The Morgan fingerprint density at radius 1 is 1.21 bits per heavy atom. The Hall–Kier alpha value is -4.41. The average molecular weight is 601 g/mol. The third kappa shape index (κ3) is 5.68. The summed E-state index contributed by atoms with van der Waals surface area (Å²) in [6.45, 7) is 3.69. The van der Waals surface area contributed by atoms with Crippen molar-refractivity contribution in [3.8, 4) is 5.82 Å². The van der Waals surface area contributed by atoms with Gasteiger partial charge in [-0.25, -0.2) is 27.6 Å². The maximum Gasteiger partial charge on any atom is 0.223 e. The normalized spacial score (nSPS) is 16.5. The zero-order chi connectivity index (χ0) is 32.1. The van der Waals surface area contributed by atoms with Gasteiger partial charge in [-0.1, -0.05) is 11.6 Å². The third-order valence-corrected chi connectivity index (χ3v) is 7.05. The topological polar surface area (TPSA) is 102 Å². The van der Waals surface area contributed by atoms with Crippen LogP contribution in [0.4, 0.5) is 18.9 Å². The molecule has 4 heterocycles. The number of hydrogen-bond acceptors (Lipinski definition) is 7. The minimum atomic E-state index is -2.90. The summed E-state index contributed by atoms with van der Waals surface area (Å²) in [4.78, 5) is 33.8. The van der Waals surface area contributed by atoms with E-state index in [1.54, 1.807) is 33.6 Å². The van der Waals surface area contributed by atoms with Crippen LogP contribution < -0.4 is 10.2 Å². The number of allylic oxidation sites excluding steroid dienone is 3. The number of aromatic nitrogens is 4. The van der Waals surface area contributed by atoms with E-state index >= 15 is 4.39 Å². The Morgan fingerprint density at radius 2 is 1.95 bits per heavy atom. The second-order valence-electron chi connectivity index (χ2n) is 10.4. The van der Waals surface area contributed by atoms with E-state index in [1.165, 1.54) is 27.9 Å². The van der Waals surface area contributed by atoms with E-state index in [4.69, 9.17) is 19.1 Å². The molecule has 1 aliphatic heterocycles. The Morgan fingerprint density at radius 3 is 2.62 bits per heavy atom. The predicted molar refractivity (Wildman–Crippen MR) is 147 cm³/mol. The highest BCUT2D eigenvalue weighted by Gasteiger charge is 2.36. The first-order valence-corrected chi connectivity index (χ1v) is 13.2. The largest absolute Gasteiger partial charge is 0.485 e. The van der Waals surface area contributed by atoms with Crippen molar-refractivity contribution >= 4 is 29.1 Å². The number of carbonyl (C=O) groups excluding carboxylic acids is 2. The number of ether oxygens (including phenoxy) is 1. The molecule has 9 nitrogen and oxygen atoms in total. The molecule has 1 amide bonds. The molecule has 1 aliphatic carbocycles. The van der Waals surface area contributed by atoms with E-state index in [0.29, 0.717) is 29.2 Å². The minimum Gasteiger partial charge on any atom is -0.485 e. The summed E-state index contributed by atoms with van der Waals surface area (Å²) < 4.78 is 65.7. The Balaban J connectivity index is 1.47. The molecule has 1 saturated carbocycles. The SMILES string of the molecule is [2H]C([2H])(OC1=C(Cl)C(=C=O)N(c2cc(-n3cc(F)c(C(C)(C)NC(=O)C4CC4)n3)ncc2C)C(C)=C1)c1ncc(F)cc1F. The molecule has 3 aromatic rings. The van der Waals surface area contributed by atoms with Crippen LogP contribution >= 0.6 is 11.6 Å². The van der Waals surface area contributed by atoms with Crippen LogP contribution in [0.25, 0.3) is 5.82 Å². The Kier molecular flexibility index (Phi) is 7.01. The fourth-order valence-electron chi connectivity index (χ4n) is 4.35. The molecule has 13 heteroatoms. The lowest BCUT2D eigenvalue weighted by Crippen LogP contribution is -2.42. The number of hydrogen-bond donors (Lipinski definition) is 1. The van der Waals surface area contributed by atoms with Gasteiger partial charge in [0, 0.05) is 36.0 Å². The molecular formula is C29H26ClF3N6O3. The van der Waals surface area contributed by atoms with Crippen LogP contribution in [-0.4, -0.2) is 31.6 Å². The minimum absolute atomic E-state index is 0.00655. The van der Waals surface area contributed by atoms with Gasteiger partial charge in [-0.05, 0) is 46.1 Å². The van der Waals surface area contributed by atoms with Gasteiger partial charge in [0.05, 0.1) is 26.4 Å². The molecule has 218 valence electrons. The van der Waals surface area contributed by atoms with Crippen molar-refractivity contribution in [1.29, 1.82) is 0 Å². The summed E-state index contributed by atoms with van der Waals surface area (Å²) in [6.07, 6.45) is 6.14. The van der Waals surface area contributed by atoms with Gasteiger partial charge < -0.3 is 15.0 Å². The van der Waals surface area contributed by atoms with Gasteiger partial charge >= 0.3 is 0 Å². The van der Waals surface area contributed by atoms with Crippen LogP contribution in [0.2, 0.25) is 0 Å². The fourth-order valence-corrected chi connectivity index (χ4v) is 4.57. The Bertz CT molecular complexity index is 1800. The van der Waals surface area contributed by atoms with Crippen molar-refractivity contribution < 1.29 is 30.2 Å². The summed E-state index contributed by atoms with van der Waals surface area (Å²) in [5.41, 5.74) is -0.908. The summed E-state index contributed by atoms with van der Waals surface area (Å²) >= 11 is 6.48. The standard InChI is InChI=1S/C29H26ClF3N6O3/c1-15-10-35-25(38-12-20(33)27(37-38)29(3,4)36-28(41)17-5-6-17)9-22(15)39-16(2)7-24(26(30)23(39)13-40)42-14-21-19(32)8-18(31)11-34-21/h7-12,17H,5-6,14H2,1-4H3,(H,36,41)/i14D2. The van der Waals surface area contributed by atoms with Crippen LogP contribution in [0.5, 0.6) is 0 Å². The molecule has 5 rings (SSSR count). The molecule has 1 fully saturated rings. The Labute approximate surface area is 247 Å². The van der Waals surface area contributed by atoms with Crippen molar-refractivity contribution in [1.82, 2.24) is 25.1 Å². The lowest BCUT2D eigenvalue weighted by molar-refractivity contribution is -0.124. The van der Waals surface area contributed by atoms with Crippen LogP contribution in [0, 0.1) is 30.3 Å². The van der Waals surface area contributed by atoms with E-state index < -0.39 is 35.2 Å². The highest BCUT2D eigenvalue weighted by Crippen LogP contribution is 2.38. The van der Waals surface area contributed by atoms with Gasteiger partial charge in [-0.2, -0.15) is 5.10 Å². The molecule has 42 heavy (non-hydrogen) atoms. The average Bonchev–Trinajstić information content (AvgIpc) is 3.71. The molecule has 0 bridgehead atoms. The number of nitrogens with one attached hydrogen (secondary N) is 1. The van der Waals surface area contributed by atoms with E-state index in [0.717, 1.165) is 19.0 Å². The van der Waals surface area contributed by atoms with E-state index in [9.17, 15) is 18.4 Å². The molecule has 0 spiro atoms. The number of amides is 1. The molecule has 0 unspecified atom stereocenters. The number of anilines is 1. The molecule has 2 aliphatic rings. The van der Waals surface area contributed by atoms with Crippen LogP contribution in [-0.2, 0) is 26.4 Å². The lowest BCUT2D eigenvalue weighted by Gasteiger charge is -2.31. The highest BCUT2D eigenvalue weighted by atomic mass is 35.5. The highest BCUT2D eigenvalue weighted by molar-refractivity contribution is 6.33. The molecule has 1 N–H and O–H groups in total. The van der Waals surface area contributed by atoms with Gasteiger partial charge in [0.1, 0.15) is 34.6 Å². The first kappa shape index (κ1) is 26.5. The van der Waals surface area contributed by atoms with Crippen molar-refractivity contribution in [2.24, 2.45) is 5.92 Å². The second kappa shape index (κ2) is 11.1. The van der Waals surface area contributed by atoms with Crippen molar-refractivity contribution in [2.45, 2.75) is 52.6 Å². The smallest absolute Gasteiger partial charge is 0.223 e. The van der Waals surface area contributed by atoms with Gasteiger partial charge in [-0.15, -0.1) is 0 Å². The number of aryl methyl sites for hydroxylation is 1. The summed E-state index contributed by atoms with van der Waals surface area (Å²) in [5, 5.41) is 6.84. The monoisotopic (exact) mass is 600 g/mol. The number of nitrogens with zero attached hydrogens (tertiary/aromatic N) is 5. The van der Waals surface area contributed by atoms with Gasteiger partial charge in [0.25, 0.3) is 0 Å². The summed E-state index contributed by atoms with van der Waals surface area (Å²) in [7, 11) is 0. The molecule has 0 aromatic carbocycles. The van der Waals surface area contributed by atoms with Crippen LogP contribution in [0.3, 0.4) is 0 Å². The predicted octanol–water partition coefficient (Wildman–Crippen LogP) is 5.26. The van der Waals surface area contributed by atoms with Crippen molar-refractivity contribution in [3.63, 3.8) is 0 Å². The van der Waals surface area contributed by atoms with Crippen molar-refractivity contribution in [3.05, 3.63) is 93.4 Å². The van der Waals surface area contributed by atoms with Gasteiger partial charge in [0.2, 0.25) is 5.91 Å². The van der Waals surface area contributed by atoms with E-state index in [1.807, 2.05) is 0 Å². The second-order valence-corrected chi connectivity index (χ2v) is 10.8. The zero-order valence-electron chi connectivity index (χ0n) is 24.9. The molecule has 0 radical (unpaired) electrons. The third-order valence-electron chi connectivity index (χ3n) is 6.68. The fraction of sp³-hybridized carbons (Fsp3) is 0.310. The van der Waals surface area contributed by atoms with E-state index in [2.05, 4.69) is 20.4 Å². The van der Waals surface area contributed by atoms with Crippen molar-refractivity contribution in [2.75, 3.05) is 4.90 Å². The summed E-state index contributed by atoms with van der Waals surface area (Å²) in [5.74, 6) is -1.59. The van der Waals surface area contributed by atoms with E-state index in [-0.39, 0.29) is 39.8 Å². The first-order valence-electron chi connectivity index (χ1n) is 13.8. The quantitative estimate of drug-likeness (QED) is 0.352. The number of halogens is 4. The first-order chi connectivity index (χ1) is 20.6.